The van der Waals surface area contributed by atoms with Gasteiger partial charge in [-0.15, -0.1) is 0 Å². The number of hydrogen-bond acceptors (Lipinski definition) is 4. The second-order valence-corrected chi connectivity index (χ2v) is 4.83. The van der Waals surface area contributed by atoms with Gasteiger partial charge in [-0.3, -0.25) is 0 Å². The van der Waals surface area contributed by atoms with Crippen molar-refractivity contribution in [3.63, 3.8) is 0 Å². The van der Waals surface area contributed by atoms with Crippen LogP contribution in [-0.4, -0.2) is 47.6 Å². The molecule has 1 rings (SSSR count). The van der Waals surface area contributed by atoms with Crippen molar-refractivity contribution in [2.45, 2.75) is 18.4 Å². The van der Waals surface area contributed by atoms with Crippen LogP contribution in [0.1, 0.15) is 12.8 Å². The molecule has 8 heteroatoms. The Hall–Kier alpha value is -0.700. The van der Waals surface area contributed by atoms with E-state index in [0.29, 0.717) is 0 Å². The molecule has 1 fully saturated rings. The number of carboxylic acid groups (broad SMARTS) is 1. The van der Waals surface area contributed by atoms with Gasteiger partial charge in [0.05, 0.1) is 0 Å². The fourth-order valence-electron chi connectivity index (χ4n) is 1.32. The third-order valence-corrected chi connectivity index (χ3v) is 3.39. The van der Waals surface area contributed by atoms with Gasteiger partial charge in [-0.1, -0.05) is 0 Å². The van der Waals surface area contributed by atoms with Crippen molar-refractivity contribution in [3.8, 4) is 0 Å². The molecule has 0 radical (unpaired) electrons. The van der Waals surface area contributed by atoms with E-state index in [4.69, 9.17) is 10.2 Å². The fraction of sp³-hybridized carbons (Fsp3) is 0.833. The van der Waals surface area contributed by atoms with E-state index in [9.17, 15) is 18.3 Å². The topological polar surface area (TPSA) is 121 Å². The van der Waals surface area contributed by atoms with Crippen LogP contribution < -0.4 is 5.14 Å². The smallest absolute Gasteiger partial charge is 0.335 e. The predicted molar refractivity (Wildman–Crippen MR) is 46.5 cm³/mol. The Labute approximate surface area is 81.3 Å². The van der Waals surface area contributed by atoms with Gasteiger partial charge in [-0.25, -0.2) is 9.93 Å². The second-order valence-electron chi connectivity index (χ2n) is 3.28. The van der Waals surface area contributed by atoms with Gasteiger partial charge in [-0.05, 0) is 0 Å². The Balaban J connectivity index is 2.68. The Morgan fingerprint density at radius 1 is 1.36 bits per heavy atom. The van der Waals surface area contributed by atoms with E-state index >= 15 is 0 Å². The number of carbonyl (C=O) groups is 1. The first-order valence-corrected chi connectivity index (χ1v) is 5.50. The lowest BCUT2D eigenvalue weighted by molar-refractivity contribution is -0.162. The quantitative estimate of drug-likeness (QED) is 0.506. The van der Waals surface area contributed by atoms with Crippen LogP contribution in [0.2, 0.25) is 0 Å². The number of nitrogens with two attached hydrogens (primary N) is 1. The highest BCUT2D eigenvalue weighted by Gasteiger charge is 2.41. The minimum absolute atomic E-state index is 0.0678. The van der Waals surface area contributed by atoms with E-state index in [1.54, 1.807) is 0 Å². The third kappa shape index (κ3) is 2.21. The van der Waals surface area contributed by atoms with Crippen LogP contribution in [-0.2, 0) is 15.0 Å². The van der Waals surface area contributed by atoms with Gasteiger partial charge in [-0.2, -0.15) is 12.7 Å². The Morgan fingerprint density at radius 3 is 2.07 bits per heavy atom. The summed E-state index contributed by atoms with van der Waals surface area (Å²) >= 11 is 0. The molecule has 0 atom stereocenters. The zero-order chi connectivity index (χ0) is 11.0. The molecule has 14 heavy (non-hydrogen) atoms. The largest absolute Gasteiger partial charge is 0.479 e. The number of rotatable bonds is 2. The van der Waals surface area contributed by atoms with E-state index in [1.165, 1.54) is 0 Å². The van der Waals surface area contributed by atoms with E-state index in [0.717, 1.165) is 4.31 Å². The van der Waals surface area contributed by atoms with Crippen LogP contribution in [0.15, 0.2) is 0 Å². The highest BCUT2D eigenvalue weighted by Crippen LogP contribution is 2.23. The summed E-state index contributed by atoms with van der Waals surface area (Å²) in [6, 6.07) is 0. The summed E-state index contributed by atoms with van der Waals surface area (Å²) in [6.07, 6.45) is -0.280. The molecule has 1 aliphatic heterocycles. The van der Waals surface area contributed by atoms with E-state index < -0.39 is 21.8 Å². The maximum Gasteiger partial charge on any atom is 0.335 e. The van der Waals surface area contributed by atoms with Gasteiger partial charge in [0.25, 0.3) is 10.2 Å². The number of aliphatic hydroxyl groups is 1. The molecule has 1 aliphatic rings. The van der Waals surface area contributed by atoms with E-state index in [1.807, 2.05) is 0 Å². The molecule has 82 valence electrons. The van der Waals surface area contributed by atoms with Crippen molar-refractivity contribution < 1.29 is 23.4 Å². The Kier molecular flexibility index (Phi) is 2.81. The van der Waals surface area contributed by atoms with Crippen LogP contribution in [0.25, 0.3) is 0 Å². The molecule has 4 N–H and O–H groups in total. The molecule has 0 aliphatic carbocycles. The maximum atomic E-state index is 10.8. The average molecular weight is 224 g/mol. The molecule has 0 saturated carbocycles. The van der Waals surface area contributed by atoms with Crippen molar-refractivity contribution in [1.82, 2.24) is 4.31 Å². The van der Waals surface area contributed by atoms with Gasteiger partial charge < -0.3 is 10.2 Å². The maximum absolute atomic E-state index is 10.8. The first-order valence-electron chi connectivity index (χ1n) is 3.99. The van der Waals surface area contributed by atoms with Gasteiger partial charge in [0.1, 0.15) is 0 Å². The second kappa shape index (κ2) is 3.46. The van der Waals surface area contributed by atoms with Gasteiger partial charge in [0.2, 0.25) is 0 Å². The van der Waals surface area contributed by atoms with E-state index in [2.05, 4.69) is 0 Å². The summed E-state index contributed by atoms with van der Waals surface area (Å²) in [4.78, 5) is 10.6. The highest BCUT2D eigenvalue weighted by atomic mass is 32.2. The molecular weight excluding hydrogens is 212 g/mol. The summed E-state index contributed by atoms with van der Waals surface area (Å²) in [5, 5.41) is 23.0. The summed E-state index contributed by atoms with van der Waals surface area (Å²) in [7, 11) is -3.77. The van der Waals surface area contributed by atoms with Gasteiger partial charge in [0.15, 0.2) is 5.60 Å². The molecule has 0 aromatic rings. The number of nitrogens with zero attached hydrogens (tertiary/aromatic N) is 1. The average Bonchev–Trinajstić information content (AvgIpc) is 2.03. The molecule has 0 unspecified atom stereocenters. The molecule has 0 aromatic heterocycles. The zero-order valence-electron chi connectivity index (χ0n) is 7.38. The van der Waals surface area contributed by atoms with Crippen molar-refractivity contribution in [1.29, 1.82) is 0 Å². The van der Waals surface area contributed by atoms with Gasteiger partial charge >= 0.3 is 5.97 Å². The molecule has 0 amide bonds. The first-order chi connectivity index (χ1) is 6.26. The normalized spacial score (nSPS) is 23.3. The minimum atomic E-state index is -3.77. The molecule has 1 heterocycles. The van der Waals surface area contributed by atoms with Crippen LogP contribution in [0.4, 0.5) is 0 Å². The van der Waals surface area contributed by atoms with Crippen molar-refractivity contribution in [2.24, 2.45) is 5.14 Å². The predicted octanol–water partition coefficient (Wildman–Crippen LogP) is -1.90. The SMILES string of the molecule is NS(=O)(=O)N1CCC(O)(C(=O)O)CC1. The zero-order valence-corrected chi connectivity index (χ0v) is 8.20. The standard InChI is InChI=1S/C6H12N2O5S/c7-14(12,13)8-3-1-6(11,2-4-8)5(9)10/h11H,1-4H2,(H,9,10)(H2,7,12,13). The number of piperidine rings is 1. The monoisotopic (exact) mass is 224 g/mol. The molecule has 0 bridgehead atoms. The van der Waals surface area contributed by atoms with E-state index in [-0.39, 0.29) is 25.9 Å². The summed E-state index contributed by atoms with van der Waals surface area (Å²) in [6.45, 7) is -0.136. The Bertz CT molecular complexity index is 330. The van der Waals surface area contributed by atoms with Crippen molar-refractivity contribution >= 4 is 16.2 Å². The summed E-state index contributed by atoms with van der Waals surface area (Å²) in [5.41, 5.74) is -1.82. The molecule has 0 spiro atoms. The lowest BCUT2D eigenvalue weighted by Gasteiger charge is -2.33. The first kappa shape index (κ1) is 11.4. The van der Waals surface area contributed by atoms with Crippen LogP contribution >= 0.6 is 0 Å². The number of aliphatic carboxylic acids is 1. The fourth-order valence-corrected chi connectivity index (χ4v) is 2.02. The number of hydrogen-bond donors (Lipinski definition) is 3. The molecule has 7 nitrogen and oxygen atoms in total. The van der Waals surface area contributed by atoms with Crippen molar-refractivity contribution in [3.05, 3.63) is 0 Å². The van der Waals surface area contributed by atoms with Crippen LogP contribution in [0, 0.1) is 0 Å². The van der Waals surface area contributed by atoms with Crippen LogP contribution in [0.3, 0.4) is 0 Å². The molecule has 0 aromatic carbocycles. The summed E-state index contributed by atoms with van der Waals surface area (Å²) < 4.78 is 22.6. The molecular formula is C6H12N2O5S. The summed E-state index contributed by atoms with van der Waals surface area (Å²) in [5.74, 6) is -1.33. The third-order valence-electron chi connectivity index (χ3n) is 2.31. The lowest BCUT2D eigenvalue weighted by Crippen LogP contribution is -2.52. The van der Waals surface area contributed by atoms with Crippen molar-refractivity contribution in [2.75, 3.05) is 13.1 Å². The number of carboxylic acids is 1. The van der Waals surface area contributed by atoms with Gasteiger partial charge in [0, 0.05) is 25.9 Å². The van der Waals surface area contributed by atoms with Crippen LogP contribution in [0.5, 0.6) is 0 Å². The lowest BCUT2D eigenvalue weighted by atomic mass is 9.93. The highest BCUT2D eigenvalue weighted by molar-refractivity contribution is 7.86. The molecule has 1 saturated heterocycles. The minimum Gasteiger partial charge on any atom is -0.479 e. The Morgan fingerprint density at radius 2 is 1.79 bits per heavy atom.